The molecule has 0 aliphatic carbocycles. The number of carbonyl (C=O) groups excluding carboxylic acids is 2. The van der Waals surface area contributed by atoms with E-state index >= 15 is 0 Å². The van der Waals surface area contributed by atoms with E-state index in [0.717, 1.165) is 0 Å². The molecule has 0 unspecified atom stereocenters. The molecule has 0 aliphatic rings. The molecule has 8 heteroatoms. The smallest absolute Gasteiger partial charge is 0.306 e. The Morgan fingerprint density at radius 2 is 1.28 bits per heavy atom. The van der Waals surface area contributed by atoms with E-state index in [4.69, 9.17) is 20.6 Å². The third kappa shape index (κ3) is 15.6. The third-order valence-electron chi connectivity index (χ3n) is 3.20. The lowest BCUT2D eigenvalue weighted by molar-refractivity contribution is -0.141. The average molecular weight is 359 g/mol. The molecule has 0 amide bonds. The summed E-state index contributed by atoms with van der Waals surface area (Å²) in [5.74, 6) is 1.80. The van der Waals surface area contributed by atoms with Crippen molar-refractivity contribution in [1.29, 1.82) is 0 Å². The normalized spacial score (nSPS) is 10.5. The van der Waals surface area contributed by atoms with E-state index in [-0.39, 0.29) is 31.4 Å². The predicted molar refractivity (Wildman–Crippen MR) is 91.0 cm³/mol. The molecule has 0 aliphatic heterocycles. The predicted octanol–water partition coefficient (Wildman–Crippen LogP) is 0.0976. The summed E-state index contributed by atoms with van der Waals surface area (Å²) in [5.41, 5.74) is 0. The first-order valence-corrected chi connectivity index (χ1v) is 8.16. The number of rotatable bonds is 16. The largest absolute Gasteiger partial charge is 0.469 e. The van der Waals surface area contributed by atoms with E-state index in [2.05, 4.69) is 15.4 Å². The summed E-state index contributed by atoms with van der Waals surface area (Å²) in [4.78, 5) is 24.4. The van der Waals surface area contributed by atoms with Crippen LogP contribution in [0.5, 0.6) is 0 Å². The van der Waals surface area contributed by atoms with Crippen LogP contribution in [0, 0.1) is 12.3 Å². The highest BCUT2D eigenvalue weighted by Crippen LogP contribution is 1.98. The van der Waals surface area contributed by atoms with Gasteiger partial charge in [0.1, 0.15) is 6.61 Å². The summed E-state index contributed by atoms with van der Waals surface area (Å²) in [6.07, 6.45) is 5.57. The zero-order valence-corrected chi connectivity index (χ0v) is 15.2. The minimum absolute atomic E-state index is 0.262. The average Bonchev–Trinajstić information content (AvgIpc) is 2.63. The molecule has 0 rings (SSSR count). The Bertz CT molecular complexity index is 375. The van der Waals surface area contributed by atoms with Crippen molar-refractivity contribution in [3.63, 3.8) is 0 Å². The summed E-state index contributed by atoms with van der Waals surface area (Å²) in [5, 5.41) is 0. The van der Waals surface area contributed by atoms with Gasteiger partial charge in [0.15, 0.2) is 0 Å². The van der Waals surface area contributed by atoms with Gasteiger partial charge in [-0.3, -0.25) is 14.5 Å². The number of hydrogen-bond donors (Lipinski definition) is 0. The van der Waals surface area contributed by atoms with Gasteiger partial charge < -0.3 is 23.7 Å². The lowest BCUT2D eigenvalue weighted by Crippen LogP contribution is -2.32. The van der Waals surface area contributed by atoms with Crippen LogP contribution in [0.3, 0.4) is 0 Å². The first kappa shape index (κ1) is 23.3. The van der Waals surface area contributed by atoms with Gasteiger partial charge in [-0.2, -0.15) is 0 Å². The van der Waals surface area contributed by atoms with Crippen molar-refractivity contribution in [2.45, 2.75) is 12.8 Å². The highest BCUT2D eigenvalue weighted by molar-refractivity contribution is 5.70. The first-order chi connectivity index (χ1) is 12.1. The highest BCUT2D eigenvalue weighted by Gasteiger charge is 2.11. The van der Waals surface area contributed by atoms with Crippen LogP contribution in [0.2, 0.25) is 0 Å². The molecule has 25 heavy (non-hydrogen) atoms. The van der Waals surface area contributed by atoms with E-state index in [1.165, 1.54) is 14.2 Å². The second kappa shape index (κ2) is 17.2. The van der Waals surface area contributed by atoms with Crippen molar-refractivity contribution in [3.05, 3.63) is 0 Å². The SMILES string of the molecule is C#CCOCCOCCOCCN(CCC(=O)OC)CCC(=O)OC. The molecule has 0 spiro atoms. The van der Waals surface area contributed by atoms with Gasteiger partial charge in [-0.15, -0.1) is 6.42 Å². The molecule has 0 saturated carbocycles. The summed E-state index contributed by atoms with van der Waals surface area (Å²) >= 11 is 0. The molecule has 0 N–H and O–H groups in total. The molecule has 144 valence electrons. The summed E-state index contributed by atoms with van der Waals surface area (Å²) < 4.78 is 25.1. The standard InChI is InChI=1S/C17H29NO7/c1-4-10-23-12-14-25-15-13-24-11-9-18(7-5-16(19)21-2)8-6-17(20)22-3/h1H,5-15H2,2-3H3. The maximum atomic E-state index is 11.2. The molecular weight excluding hydrogens is 330 g/mol. The van der Waals surface area contributed by atoms with E-state index in [1.54, 1.807) is 0 Å². The lowest BCUT2D eigenvalue weighted by atomic mass is 10.3. The second-order valence-electron chi connectivity index (χ2n) is 4.98. The van der Waals surface area contributed by atoms with Crippen LogP contribution in [0.15, 0.2) is 0 Å². The molecule has 0 saturated heterocycles. The fourth-order valence-electron chi connectivity index (χ4n) is 1.80. The van der Waals surface area contributed by atoms with Crippen molar-refractivity contribution < 1.29 is 33.3 Å². The van der Waals surface area contributed by atoms with E-state index in [0.29, 0.717) is 52.7 Å². The van der Waals surface area contributed by atoms with Crippen LogP contribution in [0.25, 0.3) is 0 Å². The number of hydrogen-bond acceptors (Lipinski definition) is 8. The first-order valence-electron chi connectivity index (χ1n) is 8.16. The number of ether oxygens (including phenoxy) is 5. The second-order valence-corrected chi connectivity index (χ2v) is 4.98. The third-order valence-corrected chi connectivity index (χ3v) is 3.20. The summed E-state index contributed by atoms with van der Waals surface area (Å²) in [6.45, 7) is 4.19. The van der Waals surface area contributed by atoms with Crippen LogP contribution in [0.4, 0.5) is 0 Å². The Hall–Kier alpha value is -1.66. The quantitative estimate of drug-likeness (QED) is 0.218. The number of methoxy groups -OCH3 is 2. The van der Waals surface area contributed by atoms with Crippen molar-refractivity contribution in [2.75, 3.05) is 73.5 Å². The van der Waals surface area contributed by atoms with E-state index in [9.17, 15) is 9.59 Å². The van der Waals surface area contributed by atoms with Gasteiger partial charge in [-0.25, -0.2) is 0 Å². The Morgan fingerprint density at radius 3 is 1.76 bits per heavy atom. The lowest BCUT2D eigenvalue weighted by Gasteiger charge is -2.21. The monoisotopic (exact) mass is 359 g/mol. The maximum Gasteiger partial charge on any atom is 0.306 e. The van der Waals surface area contributed by atoms with Crippen LogP contribution in [0.1, 0.15) is 12.8 Å². The minimum Gasteiger partial charge on any atom is -0.469 e. The van der Waals surface area contributed by atoms with Gasteiger partial charge >= 0.3 is 11.9 Å². The fraction of sp³-hybridized carbons (Fsp3) is 0.765. The molecule has 0 aromatic carbocycles. The number of esters is 2. The number of terminal acetylenes is 1. The zero-order chi connectivity index (χ0) is 18.8. The Balaban J connectivity index is 3.79. The Labute approximate surface area is 149 Å². The summed E-state index contributed by atoms with van der Waals surface area (Å²) in [7, 11) is 2.70. The minimum atomic E-state index is -0.288. The zero-order valence-electron chi connectivity index (χ0n) is 15.2. The molecule has 8 nitrogen and oxygen atoms in total. The molecule has 0 bridgehead atoms. The molecule has 0 aromatic heterocycles. The van der Waals surface area contributed by atoms with Crippen molar-refractivity contribution in [1.82, 2.24) is 4.90 Å². The molecular formula is C17H29NO7. The van der Waals surface area contributed by atoms with E-state index in [1.807, 2.05) is 4.90 Å². The van der Waals surface area contributed by atoms with Crippen molar-refractivity contribution in [3.8, 4) is 12.3 Å². The van der Waals surface area contributed by atoms with Crippen molar-refractivity contribution in [2.24, 2.45) is 0 Å². The molecule has 0 aromatic rings. The van der Waals surface area contributed by atoms with Crippen LogP contribution < -0.4 is 0 Å². The number of carbonyl (C=O) groups is 2. The van der Waals surface area contributed by atoms with Gasteiger partial charge in [0.25, 0.3) is 0 Å². The van der Waals surface area contributed by atoms with Gasteiger partial charge in [-0.1, -0.05) is 5.92 Å². The fourth-order valence-corrected chi connectivity index (χ4v) is 1.80. The van der Waals surface area contributed by atoms with Crippen LogP contribution in [-0.4, -0.2) is 90.3 Å². The van der Waals surface area contributed by atoms with E-state index < -0.39 is 0 Å². The van der Waals surface area contributed by atoms with Gasteiger partial charge in [0.05, 0.1) is 60.1 Å². The Morgan fingerprint density at radius 1 is 0.800 bits per heavy atom. The number of nitrogens with zero attached hydrogens (tertiary/aromatic N) is 1. The Kier molecular flexibility index (Phi) is 16.0. The van der Waals surface area contributed by atoms with Gasteiger partial charge in [0.2, 0.25) is 0 Å². The van der Waals surface area contributed by atoms with Crippen LogP contribution >= 0.6 is 0 Å². The summed E-state index contributed by atoms with van der Waals surface area (Å²) in [6, 6.07) is 0. The molecule has 0 atom stereocenters. The molecule has 0 radical (unpaired) electrons. The van der Waals surface area contributed by atoms with Gasteiger partial charge in [-0.05, 0) is 0 Å². The highest BCUT2D eigenvalue weighted by atomic mass is 16.5. The maximum absolute atomic E-state index is 11.2. The van der Waals surface area contributed by atoms with Crippen LogP contribution in [-0.2, 0) is 33.3 Å². The molecule has 0 fully saturated rings. The molecule has 0 heterocycles. The topological polar surface area (TPSA) is 83.5 Å². The van der Waals surface area contributed by atoms with Crippen molar-refractivity contribution >= 4 is 11.9 Å². The van der Waals surface area contributed by atoms with Gasteiger partial charge in [0, 0.05) is 19.6 Å².